The molecule has 0 unspecified atom stereocenters. The lowest BCUT2D eigenvalue weighted by atomic mass is 9.92. The van der Waals surface area contributed by atoms with Gasteiger partial charge in [0.1, 0.15) is 0 Å². The molecule has 2 aromatic carbocycles. The van der Waals surface area contributed by atoms with Gasteiger partial charge in [0.15, 0.2) is 0 Å². The minimum Gasteiger partial charge on any atom is -0.338 e. The van der Waals surface area contributed by atoms with Crippen LogP contribution in [0.15, 0.2) is 36.4 Å². The van der Waals surface area contributed by atoms with Crippen LogP contribution in [-0.4, -0.2) is 47.8 Å². The van der Waals surface area contributed by atoms with Crippen molar-refractivity contribution >= 4 is 17.5 Å². The summed E-state index contributed by atoms with van der Waals surface area (Å²) >= 11 is 0. The number of hydrogen-bond acceptors (Lipinski definition) is 3. The highest BCUT2D eigenvalue weighted by atomic mass is 16.2. The first-order chi connectivity index (χ1) is 15.4. The smallest absolute Gasteiger partial charge is 0.227 e. The largest absolute Gasteiger partial charge is 0.338 e. The van der Waals surface area contributed by atoms with Gasteiger partial charge in [-0.1, -0.05) is 24.3 Å². The molecule has 5 nitrogen and oxygen atoms in total. The van der Waals surface area contributed by atoms with Crippen LogP contribution in [0.5, 0.6) is 0 Å². The van der Waals surface area contributed by atoms with Crippen molar-refractivity contribution in [1.29, 1.82) is 0 Å². The van der Waals surface area contributed by atoms with Crippen molar-refractivity contribution in [2.45, 2.75) is 53.0 Å². The summed E-state index contributed by atoms with van der Waals surface area (Å²) in [6.07, 6.45) is 3.35. The number of benzene rings is 2. The van der Waals surface area contributed by atoms with Crippen molar-refractivity contribution in [1.82, 2.24) is 9.80 Å². The minimum atomic E-state index is 0.0300. The SMILES string of the molecule is Cc1cccc(NC(=O)CCN2CCC[C@H](C(=O)N3CCc4cc(C)c(C)cc4C3)C2)c1. The van der Waals surface area contributed by atoms with Gasteiger partial charge in [-0.15, -0.1) is 0 Å². The minimum absolute atomic E-state index is 0.0300. The van der Waals surface area contributed by atoms with Gasteiger partial charge in [-0.05, 0) is 86.5 Å². The molecule has 0 aromatic heterocycles. The zero-order valence-electron chi connectivity index (χ0n) is 19.6. The molecule has 170 valence electrons. The Hall–Kier alpha value is -2.66. The fourth-order valence-electron chi connectivity index (χ4n) is 4.97. The van der Waals surface area contributed by atoms with E-state index in [-0.39, 0.29) is 17.7 Å². The number of hydrogen-bond donors (Lipinski definition) is 1. The third kappa shape index (κ3) is 5.39. The average molecular weight is 434 g/mol. The summed E-state index contributed by atoms with van der Waals surface area (Å²) in [7, 11) is 0. The molecule has 2 aliphatic heterocycles. The van der Waals surface area contributed by atoms with Crippen LogP contribution in [0.25, 0.3) is 0 Å². The molecule has 2 aromatic rings. The highest BCUT2D eigenvalue weighted by Gasteiger charge is 2.31. The molecule has 2 aliphatic rings. The molecule has 0 saturated carbocycles. The Morgan fingerprint density at radius 3 is 2.59 bits per heavy atom. The Bertz CT molecular complexity index is 1000. The van der Waals surface area contributed by atoms with E-state index >= 15 is 0 Å². The number of nitrogens with zero attached hydrogens (tertiary/aromatic N) is 2. The molecule has 0 spiro atoms. The monoisotopic (exact) mass is 433 g/mol. The summed E-state index contributed by atoms with van der Waals surface area (Å²) in [6, 6.07) is 12.4. The molecule has 0 aliphatic carbocycles. The number of nitrogens with one attached hydrogen (secondary N) is 1. The summed E-state index contributed by atoms with van der Waals surface area (Å²) in [4.78, 5) is 30.0. The first kappa shape index (κ1) is 22.5. The van der Waals surface area contributed by atoms with Crippen LogP contribution in [0.1, 0.15) is 47.1 Å². The van der Waals surface area contributed by atoms with Crippen molar-refractivity contribution in [2.24, 2.45) is 5.92 Å². The van der Waals surface area contributed by atoms with Gasteiger partial charge < -0.3 is 15.1 Å². The number of carbonyl (C=O) groups is 2. The first-order valence-corrected chi connectivity index (χ1v) is 11.9. The molecule has 0 bridgehead atoms. The lowest BCUT2D eigenvalue weighted by Gasteiger charge is -2.37. The molecule has 32 heavy (non-hydrogen) atoms. The van der Waals surface area contributed by atoms with Crippen molar-refractivity contribution in [3.63, 3.8) is 0 Å². The van der Waals surface area contributed by atoms with Gasteiger partial charge in [-0.3, -0.25) is 9.59 Å². The fraction of sp³-hybridized carbons (Fsp3) is 0.481. The molecule has 0 radical (unpaired) electrons. The second kappa shape index (κ2) is 9.86. The van der Waals surface area contributed by atoms with E-state index in [1.54, 1.807) is 0 Å². The third-order valence-corrected chi connectivity index (χ3v) is 6.95. The number of piperidine rings is 1. The van der Waals surface area contributed by atoms with E-state index in [4.69, 9.17) is 0 Å². The zero-order valence-corrected chi connectivity index (χ0v) is 19.6. The van der Waals surface area contributed by atoms with Gasteiger partial charge in [-0.25, -0.2) is 0 Å². The van der Waals surface area contributed by atoms with E-state index < -0.39 is 0 Å². The molecule has 1 atom stereocenters. The molecular weight excluding hydrogens is 398 g/mol. The molecule has 4 rings (SSSR count). The van der Waals surface area contributed by atoms with E-state index in [2.05, 4.69) is 41.1 Å². The van der Waals surface area contributed by atoms with E-state index in [0.717, 1.165) is 56.7 Å². The third-order valence-electron chi connectivity index (χ3n) is 6.95. The summed E-state index contributed by atoms with van der Waals surface area (Å²) in [6.45, 7) is 10.3. The first-order valence-electron chi connectivity index (χ1n) is 11.9. The van der Waals surface area contributed by atoms with Crippen LogP contribution in [0.2, 0.25) is 0 Å². The topological polar surface area (TPSA) is 52.7 Å². The quantitative estimate of drug-likeness (QED) is 0.767. The number of aryl methyl sites for hydroxylation is 3. The van der Waals surface area contributed by atoms with E-state index in [9.17, 15) is 9.59 Å². The summed E-state index contributed by atoms with van der Waals surface area (Å²) < 4.78 is 0. The predicted molar refractivity (Wildman–Crippen MR) is 129 cm³/mol. The molecule has 5 heteroatoms. The Morgan fingerprint density at radius 1 is 1.03 bits per heavy atom. The van der Waals surface area contributed by atoms with Crippen LogP contribution >= 0.6 is 0 Å². The fourth-order valence-corrected chi connectivity index (χ4v) is 4.97. The van der Waals surface area contributed by atoms with Gasteiger partial charge in [0.25, 0.3) is 0 Å². The number of rotatable bonds is 5. The van der Waals surface area contributed by atoms with Gasteiger partial charge in [0, 0.05) is 38.3 Å². The predicted octanol–water partition coefficient (Wildman–Crippen LogP) is 4.24. The molecule has 1 N–H and O–H groups in total. The van der Waals surface area contributed by atoms with Crippen molar-refractivity contribution in [3.8, 4) is 0 Å². The van der Waals surface area contributed by atoms with Crippen LogP contribution in [0.4, 0.5) is 5.69 Å². The summed E-state index contributed by atoms with van der Waals surface area (Å²) in [5.41, 5.74) is 7.29. The normalized spacial score (nSPS) is 18.8. The van der Waals surface area contributed by atoms with E-state index in [0.29, 0.717) is 13.0 Å². The number of amides is 2. The Morgan fingerprint density at radius 2 is 1.81 bits per heavy atom. The molecule has 2 heterocycles. The molecular formula is C27H35N3O2. The molecule has 1 fully saturated rings. The maximum atomic E-state index is 13.3. The zero-order chi connectivity index (χ0) is 22.7. The van der Waals surface area contributed by atoms with Gasteiger partial charge >= 0.3 is 0 Å². The maximum absolute atomic E-state index is 13.3. The highest BCUT2D eigenvalue weighted by molar-refractivity contribution is 5.90. The standard InChI is InChI=1S/C27H35N3O2/c1-19-6-4-8-25(14-19)28-26(31)10-12-29-11-5-7-23(17-29)27(32)30-13-9-22-15-20(2)21(3)16-24(22)18-30/h4,6,8,14-16,23H,5,7,9-13,17-18H2,1-3H3,(H,28,31)/t23-/m0/s1. The van der Waals surface area contributed by atoms with Crippen LogP contribution in [0, 0.1) is 26.7 Å². The van der Waals surface area contributed by atoms with Crippen LogP contribution in [0.3, 0.4) is 0 Å². The van der Waals surface area contributed by atoms with Crippen molar-refractivity contribution < 1.29 is 9.59 Å². The maximum Gasteiger partial charge on any atom is 0.227 e. The van der Waals surface area contributed by atoms with Gasteiger partial charge in [0.2, 0.25) is 11.8 Å². The Labute approximate surface area is 191 Å². The van der Waals surface area contributed by atoms with E-state index in [1.807, 2.05) is 31.2 Å². The van der Waals surface area contributed by atoms with Crippen molar-refractivity contribution in [2.75, 3.05) is 31.5 Å². The highest BCUT2D eigenvalue weighted by Crippen LogP contribution is 2.26. The number of anilines is 1. The van der Waals surface area contributed by atoms with Crippen LogP contribution < -0.4 is 5.32 Å². The lowest BCUT2D eigenvalue weighted by Crippen LogP contribution is -2.46. The molecule has 2 amide bonds. The summed E-state index contributed by atoms with van der Waals surface area (Å²) in [5.74, 6) is 0.349. The van der Waals surface area contributed by atoms with E-state index in [1.165, 1.54) is 22.3 Å². The van der Waals surface area contributed by atoms with Crippen LogP contribution in [-0.2, 0) is 22.6 Å². The lowest BCUT2D eigenvalue weighted by molar-refractivity contribution is -0.138. The Balaban J connectivity index is 1.29. The number of likely N-dealkylation sites (tertiary alicyclic amines) is 1. The van der Waals surface area contributed by atoms with Crippen molar-refractivity contribution in [3.05, 3.63) is 64.2 Å². The van der Waals surface area contributed by atoms with Gasteiger partial charge in [0.05, 0.1) is 5.92 Å². The second-order valence-electron chi connectivity index (χ2n) is 9.52. The number of carbonyl (C=O) groups excluding carboxylic acids is 2. The summed E-state index contributed by atoms with van der Waals surface area (Å²) in [5, 5.41) is 2.99. The second-order valence-corrected chi connectivity index (χ2v) is 9.52. The number of fused-ring (bicyclic) bond motifs is 1. The average Bonchev–Trinajstić information content (AvgIpc) is 2.78. The molecule has 1 saturated heterocycles. The van der Waals surface area contributed by atoms with Gasteiger partial charge in [-0.2, -0.15) is 0 Å². The Kier molecular flexibility index (Phi) is 6.95.